The average Bonchev–Trinajstić information content (AvgIpc) is 2.70. The Bertz CT molecular complexity index is 506. The van der Waals surface area contributed by atoms with Crippen LogP contribution >= 0.6 is 0 Å². The second kappa shape index (κ2) is 8.28. The van der Waals surface area contributed by atoms with Gasteiger partial charge >= 0.3 is 0 Å². The van der Waals surface area contributed by atoms with E-state index in [1.165, 1.54) is 0 Å². The minimum Gasteiger partial charge on any atom is -0.355 e. The number of nitrogens with one attached hydrogen (secondary N) is 3. The number of nitrogens with zero attached hydrogens (tertiary/aromatic N) is 3. The highest BCUT2D eigenvalue weighted by Crippen LogP contribution is 2.10. The number of hydrogen-bond donors (Lipinski definition) is 3. The van der Waals surface area contributed by atoms with Gasteiger partial charge in [0.2, 0.25) is 5.91 Å². The summed E-state index contributed by atoms with van der Waals surface area (Å²) in [5.74, 6) is 0.567. The van der Waals surface area contributed by atoms with Crippen LogP contribution in [-0.2, 0) is 18.4 Å². The molecule has 7 nitrogen and oxygen atoms in total. The molecule has 1 aromatic rings. The monoisotopic (exact) mass is 294 g/mol. The van der Waals surface area contributed by atoms with Crippen molar-refractivity contribution in [2.45, 2.75) is 33.7 Å². The third kappa shape index (κ3) is 5.09. The summed E-state index contributed by atoms with van der Waals surface area (Å²) in [5.41, 5.74) is 3.27. The Hall–Kier alpha value is -2.05. The minimum atomic E-state index is -0.0338. The van der Waals surface area contributed by atoms with Crippen LogP contribution in [0.15, 0.2) is 4.99 Å². The summed E-state index contributed by atoms with van der Waals surface area (Å²) in [4.78, 5) is 15.6. The van der Waals surface area contributed by atoms with Gasteiger partial charge in [0, 0.05) is 38.4 Å². The van der Waals surface area contributed by atoms with Crippen molar-refractivity contribution in [1.29, 1.82) is 0 Å². The Balaban J connectivity index is 2.47. The quantitative estimate of drug-likeness (QED) is 0.518. The van der Waals surface area contributed by atoms with Crippen LogP contribution in [0.25, 0.3) is 0 Å². The third-order valence-corrected chi connectivity index (χ3v) is 3.30. The fourth-order valence-electron chi connectivity index (χ4n) is 1.96. The molecule has 0 aliphatic carbocycles. The molecule has 1 aromatic heterocycles. The molecule has 0 unspecified atom stereocenters. The maximum atomic E-state index is 11.5. The van der Waals surface area contributed by atoms with Crippen molar-refractivity contribution in [2.24, 2.45) is 12.0 Å². The van der Waals surface area contributed by atoms with Crippen molar-refractivity contribution in [1.82, 2.24) is 25.7 Å². The molecule has 3 N–H and O–H groups in total. The van der Waals surface area contributed by atoms with Crippen molar-refractivity contribution in [3.05, 3.63) is 17.0 Å². The van der Waals surface area contributed by atoms with E-state index in [0.717, 1.165) is 23.4 Å². The molecule has 0 atom stereocenters. The number of aliphatic imine (C=N–C) groups is 1. The van der Waals surface area contributed by atoms with Gasteiger partial charge in [-0.15, -0.1) is 0 Å². The van der Waals surface area contributed by atoms with Crippen LogP contribution in [0.4, 0.5) is 0 Å². The predicted molar refractivity (Wildman–Crippen MR) is 84.2 cm³/mol. The van der Waals surface area contributed by atoms with Gasteiger partial charge in [0.15, 0.2) is 5.96 Å². The number of aryl methyl sites for hydroxylation is 2. The molecule has 0 aliphatic rings. The first-order valence-corrected chi connectivity index (χ1v) is 7.19. The summed E-state index contributed by atoms with van der Waals surface area (Å²) in [6, 6.07) is 0. The van der Waals surface area contributed by atoms with Crippen LogP contribution < -0.4 is 16.0 Å². The highest BCUT2D eigenvalue weighted by molar-refractivity contribution is 5.86. The highest BCUT2D eigenvalue weighted by Gasteiger charge is 2.10. The molecule has 0 aromatic carbocycles. The van der Waals surface area contributed by atoms with Gasteiger partial charge in [0.25, 0.3) is 0 Å². The van der Waals surface area contributed by atoms with Gasteiger partial charge in [-0.3, -0.25) is 14.5 Å². The Morgan fingerprint density at radius 3 is 2.52 bits per heavy atom. The smallest absolute Gasteiger partial charge is 0.239 e. The average molecular weight is 294 g/mol. The summed E-state index contributed by atoms with van der Waals surface area (Å²) >= 11 is 0. The number of amides is 1. The number of guanidine groups is 1. The number of hydrogen-bond acceptors (Lipinski definition) is 3. The second-order valence-corrected chi connectivity index (χ2v) is 4.90. The molecule has 118 valence electrons. The number of carbonyl (C=O) groups excluding carboxylic acids is 1. The number of aromatic nitrogens is 2. The fourth-order valence-corrected chi connectivity index (χ4v) is 1.96. The van der Waals surface area contributed by atoms with Crippen LogP contribution in [0.3, 0.4) is 0 Å². The fraction of sp³-hybridized carbons (Fsp3) is 0.643. The molecule has 1 amide bonds. The zero-order chi connectivity index (χ0) is 15.8. The summed E-state index contributed by atoms with van der Waals surface area (Å²) in [5, 5.41) is 13.4. The summed E-state index contributed by atoms with van der Waals surface area (Å²) in [6.45, 7) is 7.57. The first kappa shape index (κ1) is 17.0. The molecule has 0 radical (unpaired) electrons. The van der Waals surface area contributed by atoms with E-state index in [1.807, 2.05) is 32.5 Å². The van der Waals surface area contributed by atoms with Gasteiger partial charge in [-0.05, 0) is 20.3 Å². The number of rotatable bonds is 6. The van der Waals surface area contributed by atoms with Crippen molar-refractivity contribution in [3.63, 3.8) is 0 Å². The van der Waals surface area contributed by atoms with Crippen LogP contribution in [0.2, 0.25) is 0 Å². The van der Waals surface area contributed by atoms with Gasteiger partial charge < -0.3 is 16.0 Å². The van der Waals surface area contributed by atoms with Gasteiger partial charge in [-0.1, -0.05) is 6.92 Å². The SMILES string of the molecule is CCCNC(=O)CNC(=NC)NCc1c(C)nn(C)c1C. The van der Waals surface area contributed by atoms with Crippen molar-refractivity contribution < 1.29 is 4.79 Å². The number of carbonyl (C=O) groups is 1. The standard InChI is InChI=1S/C14H26N6O/c1-6-7-16-13(21)9-18-14(15-4)17-8-12-10(2)19-20(5)11(12)3/h6-9H2,1-5H3,(H,16,21)(H2,15,17,18). The molecule has 21 heavy (non-hydrogen) atoms. The second-order valence-electron chi connectivity index (χ2n) is 4.90. The summed E-state index contributed by atoms with van der Waals surface area (Å²) in [6.07, 6.45) is 0.929. The Labute approximate surface area is 126 Å². The van der Waals surface area contributed by atoms with E-state index < -0.39 is 0 Å². The van der Waals surface area contributed by atoms with Gasteiger partial charge in [0.05, 0.1) is 12.2 Å². The van der Waals surface area contributed by atoms with E-state index in [9.17, 15) is 4.79 Å². The van der Waals surface area contributed by atoms with E-state index >= 15 is 0 Å². The van der Waals surface area contributed by atoms with E-state index in [1.54, 1.807) is 7.05 Å². The zero-order valence-electron chi connectivity index (χ0n) is 13.6. The van der Waals surface area contributed by atoms with E-state index in [-0.39, 0.29) is 12.5 Å². The van der Waals surface area contributed by atoms with Gasteiger partial charge in [-0.25, -0.2) is 0 Å². The van der Waals surface area contributed by atoms with Crippen LogP contribution in [0.1, 0.15) is 30.3 Å². The molecule has 0 saturated heterocycles. The van der Waals surface area contributed by atoms with Crippen LogP contribution in [-0.4, -0.2) is 41.8 Å². The topological polar surface area (TPSA) is 83.3 Å². The molecule has 0 fully saturated rings. The molecule has 0 aliphatic heterocycles. The molecule has 7 heteroatoms. The lowest BCUT2D eigenvalue weighted by Gasteiger charge is -2.12. The minimum absolute atomic E-state index is 0.0338. The predicted octanol–water partition coefficient (Wildman–Crippen LogP) is 0.228. The van der Waals surface area contributed by atoms with E-state index in [4.69, 9.17) is 0 Å². The van der Waals surface area contributed by atoms with Gasteiger partial charge in [0.1, 0.15) is 0 Å². The summed E-state index contributed by atoms with van der Waals surface area (Å²) in [7, 11) is 3.61. The normalized spacial score (nSPS) is 11.4. The van der Waals surface area contributed by atoms with Gasteiger partial charge in [-0.2, -0.15) is 5.10 Å². The summed E-state index contributed by atoms with van der Waals surface area (Å²) < 4.78 is 1.86. The molecule has 0 spiro atoms. The first-order valence-electron chi connectivity index (χ1n) is 7.19. The maximum Gasteiger partial charge on any atom is 0.239 e. The Morgan fingerprint density at radius 1 is 1.29 bits per heavy atom. The lowest BCUT2D eigenvalue weighted by Crippen LogP contribution is -2.43. The molecular weight excluding hydrogens is 268 g/mol. The van der Waals surface area contributed by atoms with Crippen molar-refractivity contribution >= 4 is 11.9 Å². The zero-order valence-corrected chi connectivity index (χ0v) is 13.6. The molecule has 0 saturated carbocycles. The lowest BCUT2D eigenvalue weighted by atomic mass is 10.2. The van der Waals surface area contributed by atoms with Crippen molar-refractivity contribution in [2.75, 3.05) is 20.1 Å². The molecular formula is C14H26N6O. The van der Waals surface area contributed by atoms with Crippen LogP contribution in [0.5, 0.6) is 0 Å². The molecule has 1 rings (SSSR count). The Kier molecular flexibility index (Phi) is 6.71. The van der Waals surface area contributed by atoms with E-state index in [0.29, 0.717) is 19.0 Å². The maximum absolute atomic E-state index is 11.5. The van der Waals surface area contributed by atoms with Crippen molar-refractivity contribution in [3.8, 4) is 0 Å². The van der Waals surface area contributed by atoms with E-state index in [2.05, 4.69) is 26.0 Å². The third-order valence-electron chi connectivity index (χ3n) is 3.30. The highest BCUT2D eigenvalue weighted by atomic mass is 16.1. The Morgan fingerprint density at radius 2 is 2.00 bits per heavy atom. The largest absolute Gasteiger partial charge is 0.355 e. The molecule has 1 heterocycles. The molecule has 0 bridgehead atoms. The first-order chi connectivity index (χ1) is 9.99. The lowest BCUT2D eigenvalue weighted by molar-refractivity contribution is -0.120. The van der Waals surface area contributed by atoms with Crippen LogP contribution in [0, 0.1) is 13.8 Å².